The number of hydrogen-bond donors (Lipinski definition) is 1. The summed E-state index contributed by atoms with van der Waals surface area (Å²) in [6, 6.07) is 7.22. The van der Waals surface area contributed by atoms with Gasteiger partial charge in [-0.05, 0) is 64.6 Å². The fraction of sp³-hybridized carbons (Fsp3) is 0.261. The highest BCUT2D eigenvalue weighted by molar-refractivity contribution is 7.99. The summed E-state index contributed by atoms with van der Waals surface area (Å²) in [6.45, 7) is 3.14. The third kappa shape index (κ3) is 4.47. The highest BCUT2D eigenvalue weighted by atomic mass is 32.2. The van der Waals surface area contributed by atoms with Crippen LogP contribution in [-0.2, 0) is 20.5 Å². The lowest BCUT2D eigenvalue weighted by Crippen LogP contribution is -2.49. The Bertz CT molecular complexity index is 1280. The van der Waals surface area contributed by atoms with Gasteiger partial charge in [0.1, 0.15) is 0 Å². The van der Waals surface area contributed by atoms with Crippen molar-refractivity contribution in [3.8, 4) is 0 Å². The number of carbonyl (C=O) groups is 2. The van der Waals surface area contributed by atoms with Gasteiger partial charge < -0.3 is 10.0 Å². The number of anilines is 1. The largest absolute Gasteiger partial charge is 0.478 e. The van der Waals surface area contributed by atoms with E-state index in [1.807, 2.05) is 0 Å². The number of amides is 2. The van der Waals surface area contributed by atoms with Crippen LogP contribution in [0.1, 0.15) is 29.7 Å². The Morgan fingerprint density at radius 1 is 1.15 bits per heavy atom. The molecule has 3 rings (SSSR count). The molecular formula is C23H23F3N2O4S. The molecule has 176 valence electrons. The molecule has 1 aliphatic rings. The van der Waals surface area contributed by atoms with Crippen LogP contribution < -0.4 is 4.90 Å². The fourth-order valence-corrected chi connectivity index (χ4v) is 5.04. The van der Waals surface area contributed by atoms with Gasteiger partial charge in [0.05, 0.1) is 22.9 Å². The molecule has 0 fully saturated rings. The summed E-state index contributed by atoms with van der Waals surface area (Å²) in [7, 11) is -1.44. The number of halogens is 3. The van der Waals surface area contributed by atoms with Gasteiger partial charge >= 0.3 is 18.2 Å². The summed E-state index contributed by atoms with van der Waals surface area (Å²) in [4.78, 5) is 28.0. The first kappa shape index (κ1) is 24.4. The normalized spacial score (nSPS) is 19.0. The summed E-state index contributed by atoms with van der Waals surface area (Å²) in [5.74, 6) is 2.35. The SMILES string of the molecule is C=S(C)(=O)c1cc(C)ccc1C1C(C(=O)O)=C(C)N(c2cccc(C(F)(F)F)c2)C(=O)N1C. The van der Waals surface area contributed by atoms with Crippen molar-refractivity contribution in [2.45, 2.75) is 31.0 Å². The molecule has 33 heavy (non-hydrogen) atoms. The van der Waals surface area contributed by atoms with Crippen molar-refractivity contribution in [2.75, 3.05) is 18.2 Å². The van der Waals surface area contributed by atoms with Crippen LogP contribution in [0.2, 0.25) is 0 Å². The van der Waals surface area contributed by atoms with Crippen LogP contribution in [0.25, 0.3) is 0 Å². The van der Waals surface area contributed by atoms with Crippen LogP contribution in [0.3, 0.4) is 0 Å². The molecule has 1 N–H and O–H groups in total. The average molecular weight is 481 g/mol. The maximum Gasteiger partial charge on any atom is 0.416 e. The first-order chi connectivity index (χ1) is 15.1. The zero-order valence-electron chi connectivity index (χ0n) is 18.4. The van der Waals surface area contributed by atoms with Gasteiger partial charge in [-0.15, -0.1) is 0 Å². The van der Waals surface area contributed by atoms with Crippen molar-refractivity contribution in [3.05, 3.63) is 70.4 Å². The van der Waals surface area contributed by atoms with Gasteiger partial charge in [-0.25, -0.2) is 9.59 Å². The second kappa shape index (κ2) is 8.26. The number of likely N-dealkylation sites (N-methyl/N-ethyl adjacent to an activating group) is 1. The average Bonchev–Trinajstić information content (AvgIpc) is 2.69. The lowest BCUT2D eigenvalue weighted by Gasteiger charge is -2.41. The first-order valence-electron chi connectivity index (χ1n) is 9.75. The summed E-state index contributed by atoms with van der Waals surface area (Å²) < 4.78 is 52.6. The van der Waals surface area contributed by atoms with Crippen molar-refractivity contribution in [1.29, 1.82) is 0 Å². The van der Waals surface area contributed by atoms with Gasteiger partial charge in [0.25, 0.3) is 0 Å². The molecule has 0 aromatic heterocycles. The molecule has 0 saturated heterocycles. The molecule has 0 aliphatic carbocycles. The number of alkyl halides is 3. The number of carboxylic acid groups (broad SMARTS) is 1. The third-order valence-corrected chi connectivity index (χ3v) is 6.75. The number of nitrogens with zero attached hydrogens (tertiary/aromatic N) is 2. The van der Waals surface area contributed by atoms with Crippen molar-refractivity contribution >= 4 is 33.1 Å². The van der Waals surface area contributed by atoms with Crippen molar-refractivity contribution in [3.63, 3.8) is 0 Å². The van der Waals surface area contributed by atoms with Gasteiger partial charge in [0.2, 0.25) is 0 Å². The number of aliphatic carboxylic acids is 1. The van der Waals surface area contributed by atoms with Gasteiger partial charge in [0.15, 0.2) is 0 Å². The zero-order chi connectivity index (χ0) is 24.9. The van der Waals surface area contributed by atoms with E-state index in [9.17, 15) is 32.1 Å². The lowest BCUT2D eigenvalue weighted by molar-refractivity contribution is -0.137. The molecule has 2 atom stereocenters. The molecular weight excluding hydrogens is 457 g/mol. The van der Waals surface area contributed by atoms with Crippen molar-refractivity contribution in [1.82, 2.24) is 4.90 Å². The van der Waals surface area contributed by atoms with Crippen LogP contribution in [0.15, 0.2) is 58.6 Å². The van der Waals surface area contributed by atoms with Gasteiger partial charge in [-0.3, -0.25) is 9.11 Å². The molecule has 1 heterocycles. The van der Waals surface area contributed by atoms with E-state index in [1.54, 1.807) is 25.1 Å². The molecule has 0 radical (unpaired) electrons. The van der Waals surface area contributed by atoms with Gasteiger partial charge in [-0.2, -0.15) is 13.2 Å². The van der Waals surface area contributed by atoms with Gasteiger partial charge in [-0.1, -0.05) is 18.2 Å². The van der Waals surface area contributed by atoms with E-state index >= 15 is 0 Å². The standard InChI is InChI=1S/C23H23F3N2O4S/c1-13-9-10-17(18(11-13)33(4,5)32)20-19(21(29)30)14(2)28(22(31)27(20)3)16-8-6-7-15(12-16)23(24,25)26/h6-12,20H,4H2,1-3,5H3,(H,29,30). The number of urea groups is 1. The third-order valence-electron chi connectivity index (χ3n) is 5.47. The quantitative estimate of drug-likeness (QED) is 0.644. The van der Waals surface area contributed by atoms with E-state index in [1.165, 1.54) is 26.3 Å². The molecule has 2 unspecified atom stereocenters. The Balaban J connectivity index is 2.29. The topological polar surface area (TPSA) is 77.9 Å². The summed E-state index contributed by atoms with van der Waals surface area (Å²) in [5.41, 5.74) is -0.224. The predicted molar refractivity (Wildman–Crippen MR) is 121 cm³/mol. The van der Waals surface area contributed by atoms with E-state index < -0.39 is 39.3 Å². The Morgan fingerprint density at radius 3 is 2.33 bits per heavy atom. The highest BCUT2D eigenvalue weighted by Gasteiger charge is 2.42. The fourth-order valence-electron chi connectivity index (χ4n) is 3.93. The van der Waals surface area contributed by atoms with Crippen LogP contribution in [0.5, 0.6) is 0 Å². The minimum absolute atomic E-state index is 0.0342. The number of rotatable bonds is 4. The molecule has 0 spiro atoms. The van der Waals surface area contributed by atoms with E-state index in [-0.39, 0.29) is 17.0 Å². The minimum Gasteiger partial charge on any atom is -0.478 e. The van der Waals surface area contributed by atoms with Crippen LogP contribution >= 0.6 is 0 Å². The molecule has 2 aromatic rings. The Kier molecular flexibility index (Phi) is 6.10. The number of aryl methyl sites for hydroxylation is 1. The van der Waals surface area contributed by atoms with E-state index in [4.69, 9.17) is 0 Å². The number of allylic oxidation sites excluding steroid dienone is 1. The number of carbonyl (C=O) groups excluding carboxylic acids is 1. The van der Waals surface area contributed by atoms with Crippen LogP contribution in [-0.4, -0.2) is 45.4 Å². The smallest absolute Gasteiger partial charge is 0.416 e. The Morgan fingerprint density at radius 2 is 1.79 bits per heavy atom. The van der Waals surface area contributed by atoms with E-state index in [0.29, 0.717) is 10.5 Å². The molecule has 0 saturated carbocycles. The number of carboxylic acids is 1. The first-order valence-corrected chi connectivity index (χ1v) is 11.9. The van der Waals surface area contributed by atoms with Gasteiger partial charge in [0, 0.05) is 23.9 Å². The number of hydrogen-bond acceptors (Lipinski definition) is 3. The summed E-state index contributed by atoms with van der Waals surface area (Å²) in [5, 5.41) is 10.1. The maximum atomic E-state index is 13.3. The second-order valence-corrected chi connectivity index (χ2v) is 10.5. The molecule has 6 nitrogen and oxygen atoms in total. The lowest BCUT2D eigenvalue weighted by atomic mass is 9.92. The monoisotopic (exact) mass is 480 g/mol. The Hall–Kier alpha value is -3.27. The molecule has 2 amide bonds. The highest BCUT2D eigenvalue weighted by Crippen LogP contribution is 2.41. The maximum absolute atomic E-state index is 13.3. The second-order valence-electron chi connectivity index (χ2n) is 8.03. The summed E-state index contributed by atoms with van der Waals surface area (Å²) >= 11 is 0. The minimum atomic E-state index is -4.64. The van der Waals surface area contributed by atoms with Crippen LogP contribution in [0.4, 0.5) is 23.7 Å². The number of benzene rings is 2. The van der Waals surface area contributed by atoms with Crippen LogP contribution in [0, 0.1) is 6.92 Å². The van der Waals surface area contributed by atoms with Crippen molar-refractivity contribution < 1.29 is 32.1 Å². The molecule has 10 heteroatoms. The molecule has 0 bridgehead atoms. The van der Waals surface area contributed by atoms with Crippen molar-refractivity contribution in [2.24, 2.45) is 0 Å². The molecule has 1 aliphatic heterocycles. The predicted octanol–water partition coefficient (Wildman–Crippen LogP) is 4.69. The van der Waals surface area contributed by atoms with E-state index in [0.717, 1.165) is 33.6 Å². The summed E-state index contributed by atoms with van der Waals surface area (Å²) in [6.07, 6.45) is -3.22. The zero-order valence-corrected chi connectivity index (χ0v) is 19.3. The van der Waals surface area contributed by atoms with E-state index in [2.05, 4.69) is 5.87 Å². The Labute approximate surface area is 189 Å². The molecule has 2 aromatic carbocycles.